The Morgan fingerprint density at radius 2 is 1.18 bits per heavy atom. The summed E-state index contributed by atoms with van der Waals surface area (Å²) in [5.74, 6) is -0.707. The molecule has 2 amide bonds. The third-order valence-corrected chi connectivity index (χ3v) is 17.2. The largest absolute Gasteiger partial charge is 0.386 e. The number of thioether (sulfide) groups is 2. The molecule has 33 heteroatoms. The monoisotopic (exact) mass is 1120 g/mol. The number of aliphatic hydroxyl groups excluding tert-OH is 2. The molecule has 4 aliphatic rings. The van der Waals surface area contributed by atoms with Crippen molar-refractivity contribution in [1.82, 2.24) is 58.5 Å². The predicted molar refractivity (Wildman–Crippen MR) is 263 cm³/mol. The van der Waals surface area contributed by atoms with E-state index in [1.165, 1.54) is 40.6 Å². The van der Waals surface area contributed by atoms with E-state index in [2.05, 4.69) is 30.6 Å². The maximum atomic E-state index is 13.8. The number of rotatable bonds is 16. The second-order valence-electron chi connectivity index (χ2n) is 16.7. The van der Waals surface area contributed by atoms with Crippen molar-refractivity contribution in [1.29, 1.82) is 0 Å². The number of aliphatic hydroxyl groups is 2. The Kier molecular flexibility index (Phi) is 13.5. The van der Waals surface area contributed by atoms with Crippen LogP contribution in [-0.2, 0) is 51.0 Å². The Morgan fingerprint density at radius 3 is 1.60 bits per heavy atom. The predicted octanol–water partition coefficient (Wildman–Crippen LogP) is 1.78. The van der Waals surface area contributed by atoms with Gasteiger partial charge in [-0.05, 0) is 22.9 Å². The third-order valence-electron chi connectivity index (χ3n) is 12.2. The van der Waals surface area contributed by atoms with E-state index < -0.39 is 88.5 Å². The first-order chi connectivity index (χ1) is 35.5. The average Bonchev–Trinajstić information content (AvgIpc) is 4.25. The zero-order chi connectivity index (χ0) is 50.1. The number of hydrogen-bond donors (Lipinski definition) is 6. The molecule has 8 aromatic heterocycles. The van der Waals surface area contributed by atoms with Crippen LogP contribution in [0.2, 0.25) is 0 Å². The maximum absolute atomic E-state index is 13.8. The Hall–Kier alpha value is -5.08. The molecule has 0 spiro atoms. The fraction of sp³-hybridized carbons (Fsp3) is 0.400. The van der Waals surface area contributed by atoms with Crippen molar-refractivity contribution < 1.29 is 61.2 Å². The number of aromatic nitrogens is 10. The normalized spacial score (nSPS) is 26.1. The first kappa shape index (κ1) is 48.8. The molecule has 73 heavy (non-hydrogen) atoms. The smallest absolute Gasteiger partial charge is 0.319 e. The first-order valence-corrected chi connectivity index (χ1v) is 28.6. The van der Waals surface area contributed by atoms with Crippen LogP contribution in [0.5, 0.6) is 0 Å². The quantitative estimate of drug-likeness (QED) is 0.0456. The van der Waals surface area contributed by atoms with Crippen LogP contribution >= 0.6 is 62.7 Å². The van der Waals surface area contributed by atoms with Gasteiger partial charge in [0.15, 0.2) is 45.1 Å². The summed E-state index contributed by atoms with van der Waals surface area (Å²) < 4.78 is 68.8. The topological polar surface area (TPSA) is 333 Å². The number of carbonyl (C=O) groups excluding carboxylic acids is 2. The molecule has 4 saturated heterocycles. The number of ether oxygens (including phenoxy) is 3. The average molecular weight is 1120 g/mol. The second kappa shape index (κ2) is 20.2. The lowest BCUT2D eigenvalue weighted by Crippen LogP contribution is -2.37. The number of amides is 2. The minimum atomic E-state index is -2.86. The van der Waals surface area contributed by atoms with Crippen molar-refractivity contribution in [2.24, 2.45) is 0 Å². The molecule has 12 heterocycles. The first-order valence-electron chi connectivity index (χ1n) is 22.3. The summed E-state index contributed by atoms with van der Waals surface area (Å²) in [7, 11) is -5.73. The van der Waals surface area contributed by atoms with Crippen molar-refractivity contribution >= 4 is 108 Å². The molecule has 384 valence electrons. The fourth-order valence-electron chi connectivity index (χ4n) is 8.81. The van der Waals surface area contributed by atoms with E-state index in [0.717, 1.165) is 34.7 Å². The molecule has 12 rings (SSSR count). The van der Waals surface area contributed by atoms with Gasteiger partial charge in [-0.25, -0.2) is 18.8 Å². The maximum Gasteiger partial charge on any atom is 0.319 e. The van der Waals surface area contributed by atoms with E-state index in [-0.39, 0.29) is 95.2 Å². The highest BCUT2D eigenvalue weighted by molar-refractivity contribution is 8.00. The van der Waals surface area contributed by atoms with E-state index in [0.29, 0.717) is 11.4 Å². The zero-order valence-corrected chi connectivity index (χ0v) is 42.6. The molecule has 6 unspecified atom stereocenters. The van der Waals surface area contributed by atoms with E-state index in [1.54, 1.807) is 12.4 Å². The molecule has 4 fully saturated rings. The summed E-state index contributed by atoms with van der Waals surface area (Å²) >= 11 is 4.95. The van der Waals surface area contributed by atoms with Crippen LogP contribution in [0.3, 0.4) is 0 Å². The van der Waals surface area contributed by atoms with Gasteiger partial charge in [0.1, 0.15) is 36.6 Å². The Balaban J connectivity index is 0.661. The number of hydrogen-bond acceptors (Lipinski definition) is 23. The number of carbonyl (C=O) groups is 2. The standard InChI is InChI=1S/C40H40N12O15P2S4/c53-23(15-72-39-45-25-31(51(39)35-27(55)29-21(64-35)11-62-68(59)66-29)47-37-43-19(9-49(37)33(25)57)17-1-7-70-13-17)41-3-5-61-6-4-42-24(54)16-73-40-46-26-32(52(40)36-28(56)30-22(65-36)12-63-69(60)67-30)48-38-44-20(10-50(38)34(26)58)18-2-8-71-14-18/h1-2,7-10,13-14,21-22,27-30,35-36,55-56,68-69H,3-6,11-12,15-16H2,(H,41,53)(H,42,54)(H,43,47)(H,44,48)/t21?,22?,27?,28?,29-,30-,35-,36-/m1/s1. The van der Waals surface area contributed by atoms with Crippen LogP contribution < -0.4 is 21.8 Å². The number of nitrogens with zero attached hydrogens (tertiary/aromatic N) is 8. The minimum absolute atomic E-state index is 0.0357. The minimum Gasteiger partial charge on any atom is -0.386 e. The number of imidazole rings is 4. The highest BCUT2D eigenvalue weighted by Crippen LogP contribution is 2.46. The highest BCUT2D eigenvalue weighted by atomic mass is 32.2. The van der Waals surface area contributed by atoms with Gasteiger partial charge in [0, 0.05) is 47.4 Å². The van der Waals surface area contributed by atoms with Crippen molar-refractivity contribution in [2.75, 3.05) is 51.0 Å². The SMILES string of the molecule is O=C(CSc1nc2c(=O)n3cc(-c4ccsc4)[nH]c3nc2n1[C@@H]1OC2CO[PH](=O)O[C@H]2C1O)NCCOCCNC(=O)CSc1nc2c(=O)n3cc(-c4ccsc4)[nH]c3nc2n1[C@@H]1OC2CO[PH](=O)O[C@H]2C1O. The fourth-order valence-corrected chi connectivity index (χ4v) is 13.6. The van der Waals surface area contributed by atoms with Gasteiger partial charge < -0.3 is 63.1 Å². The molecule has 27 nitrogen and oxygen atoms in total. The summed E-state index contributed by atoms with van der Waals surface area (Å²) in [5, 5.41) is 36.2. The van der Waals surface area contributed by atoms with E-state index in [4.69, 9.17) is 42.3 Å². The molecular formula is C40H40N12O15P2S4. The van der Waals surface area contributed by atoms with Crippen molar-refractivity contribution in [3.8, 4) is 22.5 Å². The van der Waals surface area contributed by atoms with Gasteiger partial charge in [-0.3, -0.25) is 37.4 Å². The van der Waals surface area contributed by atoms with Crippen LogP contribution in [0.1, 0.15) is 12.5 Å². The zero-order valence-electron chi connectivity index (χ0n) is 37.3. The van der Waals surface area contributed by atoms with Crippen LogP contribution in [0.4, 0.5) is 0 Å². The summed E-state index contributed by atoms with van der Waals surface area (Å²) in [5.41, 5.74) is 2.13. The Labute approximate surface area is 425 Å². The second-order valence-corrected chi connectivity index (χ2v) is 22.2. The van der Waals surface area contributed by atoms with Gasteiger partial charge in [0.2, 0.25) is 23.4 Å². The number of nitrogens with one attached hydrogen (secondary N) is 4. The van der Waals surface area contributed by atoms with Gasteiger partial charge in [-0.2, -0.15) is 32.6 Å². The molecule has 0 bridgehead atoms. The summed E-state index contributed by atoms with van der Waals surface area (Å²) in [6, 6.07) is 3.79. The molecule has 0 aliphatic carbocycles. The Morgan fingerprint density at radius 1 is 0.726 bits per heavy atom. The van der Waals surface area contributed by atoms with Crippen molar-refractivity contribution in [3.05, 3.63) is 66.8 Å². The molecule has 0 radical (unpaired) electrons. The van der Waals surface area contributed by atoms with Crippen molar-refractivity contribution in [3.63, 3.8) is 0 Å². The number of aromatic amines is 2. The van der Waals surface area contributed by atoms with Gasteiger partial charge in [-0.15, -0.1) is 0 Å². The summed E-state index contributed by atoms with van der Waals surface area (Å²) in [6.07, 6.45) is -5.35. The van der Waals surface area contributed by atoms with Crippen LogP contribution in [0.25, 0.3) is 56.4 Å². The molecule has 0 saturated carbocycles. The lowest BCUT2D eigenvalue weighted by molar-refractivity contribution is -0.119. The third kappa shape index (κ3) is 9.22. The number of thiophene rings is 2. The van der Waals surface area contributed by atoms with Gasteiger partial charge >= 0.3 is 16.5 Å². The molecule has 8 aromatic rings. The van der Waals surface area contributed by atoms with E-state index >= 15 is 0 Å². The van der Waals surface area contributed by atoms with Gasteiger partial charge in [0.25, 0.3) is 11.1 Å². The van der Waals surface area contributed by atoms with Crippen LogP contribution in [0.15, 0.2) is 65.9 Å². The lowest BCUT2D eigenvalue weighted by Gasteiger charge is -2.24. The molecule has 0 aromatic carbocycles. The molecule has 4 aliphatic heterocycles. The van der Waals surface area contributed by atoms with Gasteiger partial charge in [0.05, 0.1) is 49.3 Å². The molecular weight excluding hydrogens is 1080 g/mol. The van der Waals surface area contributed by atoms with E-state index in [9.17, 15) is 38.5 Å². The highest BCUT2D eigenvalue weighted by Gasteiger charge is 2.51. The molecule has 6 N–H and O–H groups in total. The lowest BCUT2D eigenvalue weighted by atomic mass is 10.1. The Bertz CT molecular complexity index is 3350. The number of H-pyrrole nitrogens is 2. The van der Waals surface area contributed by atoms with Crippen LogP contribution in [-0.4, -0.2) is 158 Å². The summed E-state index contributed by atoms with van der Waals surface area (Å²) in [4.78, 5) is 78.7. The number of fused-ring (bicyclic) bond motifs is 6. The van der Waals surface area contributed by atoms with Crippen LogP contribution in [0, 0.1) is 0 Å². The van der Waals surface area contributed by atoms with Gasteiger partial charge in [-0.1, -0.05) is 23.5 Å². The van der Waals surface area contributed by atoms with Crippen molar-refractivity contribution in [2.45, 2.75) is 59.4 Å². The summed E-state index contributed by atoms with van der Waals surface area (Å²) in [6.45, 7) is 0.249. The molecule has 10 atom stereocenters. The van der Waals surface area contributed by atoms with E-state index in [1.807, 2.05) is 33.7 Å².